The lowest BCUT2D eigenvalue weighted by atomic mass is 10.0. The van der Waals surface area contributed by atoms with Gasteiger partial charge in [0.25, 0.3) is 0 Å². The molecular formula is C9H23N3. The van der Waals surface area contributed by atoms with Gasteiger partial charge in [0.15, 0.2) is 0 Å². The minimum Gasteiger partial charge on any atom is -0.330 e. The van der Waals surface area contributed by atoms with Crippen molar-refractivity contribution in [2.24, 2.45) is 11.5 Å². The molecule has 3 heteroatoms. The zero-order valence-electron chi connectivity index (χ0n) is 8.40. The minimum atomic E-state index is -0.0408. The van der Waals surface area contributed by atoms with E-state index in [1.807, 2.05) is 0 Å². The first-order chi connectivity index (χ1) is 5.56. The Hall–Kier alpha value is -0.120. The fourth-order valence-electron chi connectivity index (χ4n) is 0.930. The lowest BCUT2D eigenvalue weighted by molar-refractivity contribution is 0.453. The van der Waals surface area contributed by atoms with E-state index in [1.54, 1.807) is 0 Å². The molecule has 74 valence electrons. The normalized spacial score (nSPS) is 12.0. The Balaban J connectivity index is 3.01. The summed E-state index contributed by atoms with van der Waals surface area (Å²) >= 11 is 0. The first-order valence-corrected chi connectivity index (χ1v) is 4.76. The molecule has 0 saturated carbocycles. The van der Waals surface area contributed by atoms with Crippen LogP contribution in [0.5, 0.6) is 0 Å². The van der Waals surface area contributed by atoms with E-state index in [0.717, 1.165) is 32.5 Å². The lowest BCUT2D eigenvalue weighted by Gasteiger charge is -2.18. The van der Waals surface area contributed by atoms with Crippen LogP contribution in [0.4, 0.5) is 0 Å². The van der Waals surface area contributed by atoms with Crippen molar-refractivity contribution in [2.75, 3.05) is 19.6 Å². The second-order valence-corrected chi connectivity index (χ2v) is 3.98. The number of rotatable bonds is 7. The molecular weight excluding hydrogens is 150 g/mol. The van der Waals surface area contributed by atoms with E-state index in [0.29, 0.717) is 0 Å². The van der Waals surface area contributed by atoms with E-state index >= 15 is 0 Å². The number of unbranched alkanes of at least 4 members (excludes halogenated alkanes) is 1. The molecule has 3 nitrogen and oxygen atoms in total. The van der Waals surface area contributed by atoms with Gasteiger partial charge in [-0.1, -0.05) is 0 Å². The summed E-state index contributed by atoms with van der Waals surface area (Å²) in [5, 5.41) is 3.34. The molecule has 0 bridgehead atoms. The molecule has 5 N–H and O–H groups in total. The molecule has 0 aliphatic rings. The Morgan fingerprint density at radius 3 is 2.33 bits per heavy atom. The van der Waals surface area contributed by atoms with E-state index in [9.17, 15) is 0 Å². The van der Waals surface area contributed by atoms with Crippen molar-refractivity contribution in [1.29, 1.82) is 0 Å². The minimum absolute atomic E-state index is 0.0408. The van der Waals surface area contributed by atoms with Crippen molar-refractivity contribution in [2.45, 2.75) is 38.6 Å². The maximum Gasteiger partial charge on any atom is 0.0109 e. The number of hydrogen-bond acceptors (Lipinski definition) is 3. The van der Waals surface area contributed by atoms with Crippen LogP contribution in [-0.2, 0) is 0 Å². The molecule has 0 aromatic heterocycles. The van der Waals surface area contributed by atoms with Crippen LogP contribution in [0.15, 0.2) is 0 Å². The second kappa shape index (κ2) is 6.40. The number of nitrogens with two attached hydrogens (primary N) is 2. The highest BCUT2D eigenvalue weighted by molar-refractivity contribution is 4.72. The fourth-order valence-corrected chi connectivity index (χ4v) is 0.930. The van der Waals surface area contributed by atoms with Crippen LogP contribution >= 0.6 is 0 Å². The van der Waals surface area contributed by atoms with Crippen molar-refractivity contribution in [3.8, 4) is 0 Å². The summed E-state index contributed by atoms with van der Waals surface area (Å²) in [6.07, 6.45) is 3.30. The summed E-state index contributed by atoms with van der Waals surface area (Å²) in [6.45, 7) is 6.97. The van der Waals surface area contributed by atoms with Crippen LogP contribution in [-0.4, -0.2) is 25.2 Å². The number of hydrogen-bond donors (Lipinski definition) is 3. The van der Waals surface area contributed by atoms with Crippen molar-refractivity contribution in [3.63, 3.8) is 0 Å². The Kier molecular flexibility index (Phi) is 6.34. The average Bonchev–Trinajstić information content (AvgIpc) is 1.94. The molecule has 0 atom stereocenters. The van der Waals surface area contributed by atoms with Gasteiger partial charge >= 0.3 is 0 Å². The summed E-state index contributed by atoms with van der Waals surface area (Å²) in [5.74, 6) is 0. The van der Waals surface area contributed by atoms with E-state index < -0.39 is 0 Å². The SMILES string of the molecule is CC(C)(N)CCNCCCCN. The van der Waals surface area contributed by atoms with E-state index in [1.165, 1.54) is 6.42 Å². The molecule has 0 aromatic carbocycles. The third-order valence-electron chi connectivity index (χ3n) is 1.75. The van der Waals surface area contributed by atoms with Gasteiger partial charge in [-0.3, -0.25) is 0 Å². The topological polar surface area (TPSA) is 64.1 Å². The molecule has 0 radical (unpaired) electrons. The molecule has 0 unspecified atom stereocenters. The highest BCUT2D eigenvalue weighted by Gasteiger charge is 2.08. The Morgan fingerprint density at radius 2 is 1.83 bits per heavy atom. The zero-order chi connectivity index (χ0) is 9.45. The summed E-state index contributed by atoms with van der Waals surface area (Å²) in [4.78, 5) is 0. The van der Waals surface area contributed by atoms with Crippen LogP contribution in [0.1, 0.15) is 33.1 Å². The van der Waals surface area contributed by atoms with Crippen molar-refractivity contribution < 1.29 is 0 Å². The fraction of sp³-hybridized carbons (Fsp3) is 1.00. The monoisotopic (exact) mass is 173 g/mol. The van der Waals surface area contributed by atoms with Crippen LogP contribution in [0.2, 0.25) is 0 Å². The van der Waals surface area contributed by atoms with Crippen molar-refractivity contribution >= 4 is 0 Å². The maximum atomic E-state index is 5.82. The molecule has 12 heavy (non-hydrogen) atoms. The first kappa shape index (κ1) is 11.9. The largest absolute Gasteiger partial charge is 0.330 e. The van der Waals surface area contributed by atoms with Gasteiger partial charge in [0.2, 0.25) is 0 Å². The van der Waals surface area contributed by atoms with Crippen LogP contribution < -0.4 is 16.8 Å². The predicted octanol–water partition coefficient (Wildman–Crippen LogP) is 0.442. The lowest BCUT2D eigenvalue weighted by Crippen LogP contribution is -2.35. The molecule has 0 aliphatic carbocycles. The van der Waals surface area contributed by atoms with Crippen molar-refractivity contribution in [1.82, 2.24) is 5.32 Å². The highest BCUT2D eigenvalue weighted by Crippen LogP contribution is 2.00. The van der Waals surface area contributed by atoms with Gasteiger partial charge in [0.1, 0.15) is 0 Å². The summed E-state index contributed by atoms with van der Waals surface area (Å²) in [6, 6.07) is 0. The van der Waals surface area contributed by atoms with Crippen molar-refractivity contribution in [3.05, 3.63) is 0 Å². The summed E-state index contributed by atoms with van der Waals surface area (Å²) in [7, 11) is 0. The third kappa shape index (κ3) is 9.88. The van der Waals surface area contributed by atoms with Crippen LogP contribution in [0.3, 0.4) is 0 Å². The first-order valence-electron chi connectivity index (χ1n) is 4.76. The van der Waals surface area contributed by atoms with E-state index in [2.05, 4.69) is 19.2 Å². The highest BCUT2D eigenvalue weighted by atomic mass is 14.9. The third-order valence-corrected chi connectivity index (χ3v) is 1.75. The molecule has 0 rings (SSSR count). The summed E-state index contributed by atoms with van der Waals surface area (Å²) < 4.78 is 0. The van der Waals surface area contributed by atoms with Crippen LogP contribution in [0.25, 0.3) is 0 Å². The molecule has 0 aromatic rings. The van der Waals surface area contributed by atoms with Gasteiger partial charge in [-0.05, 0) is 52.7 Å². The molecule has 0 spiro atoms. The molecule has 0 saturated heterocycles. The standard InChI is InChI=1S/C9H23N3/c1-9(2,11)5-8-12-7-4-3-6-10/h12H,3-8,10-11H2,1-2H3. The molecule has 0 heterocycles. The van der Waals surface area contributed by atoms with Gasteiger partial charge in [0.05, 0.1) is 0 Å². The Labute approximate surface area is 75.9 Å². The predicted molar refractivity (Wildman–Crippen MR) is 54.0 cm³/mol. The van der Waals surface area contributed by atoms with Gasteiger partial charge in [0, 0.05) is 5.54 Å². The average molecular weight is 173 g/mol. The Bertz CT molecular complexity index is 96.4. The Morgan fingerprint density at radius 1 is 1.17 bits per heavy atom. The van der Waals surface area contributed by atoms with E-state index in [-0.39, 0.29) is 5.54 Å². The molecule has 0 fully saturated rings. The van der Waals surface area contributed by atoms with Gasteiger partial charge < -0.3 is 16.8 Å². The summed E-state index contributed by atoms with van der Waals surface area (Å²) in [5.41, 5.74) is 11.1. The van der Waals surface area contributed by atoms with Gasteiger partial charge in [-0.25, -0.2) is 0 Å². The molecule has 0 amide bonds. The second-order valence-electron chi connectivity index (χ2n) is 3.98. The van der Waals surface area contributed by atoms with Gasteiger partial charge in [-0.2, -0.15) is 0 Å². The zero-order valence-corrected chi connectivity index (χ0v) is 8.40. The maximum absolute atomic E-state index is 5.82. The van der Waals surface area contributed by atoms with Gasteiger partial charge in [-0.15, -0.1) is 0 Å². The number of nitrogens with one attached hydrogen (secondary N) is 1. The van der Waals surface area contributed by atoms with E-state index in [4.69, 9.17) is 11.5 Å². The molecule has 0 aliphatic heterocycles. The quantitative estimate of drug-likeness (QED) is 0.490. The smallest absolute Gasteiger partial charge is 0.0109 e. The van der Waals surface area contributed by atoms with Crippen LogP contribution in [0, 0.1) is 0 Å².